The summed E-state index contributed by atoms with van der Waals surface area (Å²) >= 11 is 1.33. The molecule has 21 heavy (non-hydrogen) atoms. The maximum Gasteiger partial charge on any atom is 0.328 e. The SMILES string of the molecule is COCCN(C(=O)c1cc(C)c(/C=C/C(=O)O)s1)C1CC1. The maximum atomic E-state index is 12.6. The summed E-state index contributed by atoms with van der Waals surface area (Å²) in [5, 5.41) is 8.68. The number of aliphatic carboxylic acids is 1. The van der Waals surface area contributed by atoms with Gasteiger partial charge in [0.25, 0.3) is 5.91 Å². The molecule has 5 nitrogen and oxygen atoms in total. The second kappa shape index (κ2) is 6.87. The molecule has 0 atom stereocenters. The van der Waals surface area contributed by atoms with E-state index in [0.29, 0.717) is 24.1 Å². The van der Waals surface area contributed by atoms with Gasteiger partial charge in [-0.3, -0.25) is 4.79 Å². The summed E-state index contributed by atoms with van der Waals surface area (Å²) in [4.78, 5) is 26.5. The standard InChI is InChI=1S/C15H19NO4S/c1-10-9-13(21-12(10)5-6-14(17)18)15(19)16(7-8-20-2)11-3-4-11/h5-6,9,11H,3-4,7-8H2,1-2H3,(H,17,18)/b6-5+. The summed E-state index contributed by atoms with van der Waals surface area (Å²) in [5.41, 5.74) is 0.920. The first-order valence-corrected chi connectivity index (χ1v) is 7.66. The van der Waals surface area contributed by atoms with Crippen LogP contribution in [0.1, 0.15) is 33.0 Å². The van der Waals surface area contributed by atoms with Gasteiger partial charge in [0.05, 0.1) is 11.5 Å². The second-order valence-electron chi connectivity index (χ2n) is 5.05. The fourth-order valence-corrected chi connectivity index (χ4v) is 3.11. The van der Waals surface area contributed by atoms with Crippen LogP contribution in [0.15, 0.2) is 12.1 Å². The van der Waals surface area contributed by atoms with Crippen LogP contribution in [0.4, 0.5) is 0 Å². The van der Waals surface area contributed by atoms with Gasteiger partial charge in [-0.05, 0) is 37.5 Å². The molecular weight excluding hydrogens is 290 g/mol. The summed E-state index contributed by atoms with van der Waals surface area (Å²) in [7, 11) is 1.62. The Labute approximate surface area is 127 Å². The zero-order valence-corrected chi connectivity index (χ0v) is 13.0. The van der Waals surface area contributed by atoms with Gasteiger partial charge in [0.1, 0.15) is 0 Å². The molecule has 1 N–H and O–H groups in total. The fraction of sp³-hybridized carbons (Fsp3) is 0.467. The van der Waals surface area contributed by atoms with Crippen LogP contribution in [-0.2, 0) is 9.53 Å². The number of amides is 1. The van der Waals surface area contributed by atoms with E-state index in [1.165, 1.54) is 17.4 Å². The zero-order valence-electron chi connectivity index (χ0n) is 12.2. The topological polar surface area (TPSA) is 66.8 Å². The number of hydrogen-bond acceptors (Lipinski definition) is 4. The van der Waals surface area contributed by atoms with E-state index in [0.717, 1.165) is 29.4 Å². The number of carboxylic acids is 1. The van der Waals surface area contributed by atoms with Crippen molar-refractivity contribution in [1.82, 2.24) is 4.90 Å². The van der Waals surface area contributed by atoms with Crippen molar-refractivity contribution in [2.75, 3.05) is 20.3 Å². The first-order chi connectivity index (χ1) is 10.0. The predicted octanol–water partition coefficient (Wildman–Crippen LogP) is 2.41. The molecule has 0 radical (unpaired) electrons. The summed E-state index contributed by atoms with van der Waals surface area (Å²) in [6.07, 6.45) is 4.73. The third-order valence-corrected chi connectivity index (χ3v) is 4.52. The number of aryl methyl sites for hydroxylation is 1. The summed E-state index contributed by atoms with van der Waals surface area (Å²) in [5.74, 6) is -0.979. The highest BCUT2D eigenvalue weighted by Crippen LogP contribution is 2.31. The molecule has 0 aromatic carbocycles. The average Bonchev–Trinajstić information content (AvgIpc) is 3.20. The minimum atomic E-state index is -0.990. The Morgan fingerprint density at radius 1 is 1.52 bits per heavy atom. The van der Waals surface area contributed by atoms with Gasteiger partial charge in [-0.15, -0.1) is 11.3 Å². The minimum absolute atomic E-state index is 0.0117. The van der Waals surface area contributed by atoms with Crippen LogP contribution in [0.5, 0.6) is 0 Å². The van der Waals surface area contributed by atoms with E-state index >= 15 is 0 Å². The highest BCUT2D eigenvalue weighted by atomic mass is 32.1. The number of nitrogens with zero attached hydrogens (tertiary/aromatic N) is 1. The van der Waals surface area contributed by atoms with Crippen molar-refractivity contribution in [2.24, 2.45) is 0 Å². The lowest BCUT2D eigenvalue weighted by molar-refractivity contribution is -0.131. The van der Waals surface area contributed by atoms with Gasteiger partial charge in [0.2, 0.25) is 0 Å². The molecule has 114 valence electrons. The van der Waals surface area contributed by atoms with E-state index in [1.807, 2.05) is 17.9 Å². The first-order valence-electron chi connectivity index (χ1n) is 6.84. The predicted molar refractivity (Wildman–Crippen MR) is 81.7 cm³/mol. The molecule has 6 heteroatoms. The molecule has 0 bridgehead atoms. The van der Waals surface area contributed by atoms with Crippen LogP contribution in [0, 0.1) is 6.92 Å². The summed E-state index contributed by atoms with van der Waals surface area (Å²) < 4.78 is 5.06. The summed E-state index contributed by atoms with van der Waals surface area (Å²) in [6, 6.07) is 2.16. The third kappa shape index (κ3) is 4.15. The van der Waals surface area contributed by atoms with E-state index < -0.39 is 5.97 Å². The number of rotatable bonds is 7. The summed E-state index contributed by atoms with van der Waals surface area (Å²) in [6.45, 7) is 3.00. The lowest BCUT2D eigenvalue weighted by Gasteiger charge is -2.21. The number of ether oxygens (including phenoxy) is 1. The van der Waals surface area contributed by atoms with Crippen molar-refractivity contribution in [1.29, 1.82) is 0 Å². The van der Waals surface area contributed by atoms with Crippen LogP contribution >= 0.6 is 11.3 Å². The molecule has 1 heterocycles. The van der Waals surface area contributed by atoms with E-state index in [1.54, 1.807) is 7.11 Å². The van der Waals surface area contributed by atoms with Gasteiger partial charge in [0, 0.05) is 30.6 Å². The smallest absolute Gasteiger partial charge is 0.328 e. The molecule has 2 rings (SSSR count). The number of carboxylic acid groups (broad SMARTS) is 1. The Bertz CT molecular complexity index is 560. The molecule has 0 unspecified atom stereocenters. The Kier molecular flexibility index (Phi) is 5.14. The molecule has 0 aliphatic heterocycles. The quantitative estimate of drug-likeness (QED) is 0.785. The molecule has 1 aliphatic rings. The largest absolute Gasteiger partial charge is 0.478 e. The Morgan fingerprint density at radius 2 is 2.24 bits per heavy atom. The Hall–Kier alpha value is -1.66. The highest BCUT2D eigenvalue weighted by molar-refractivity contribution is 7.15. The Balaban J connectivity index is 2.14. The molecule has 1 amide bonds. The van der Waals surface area contributed by atoms with Gasteiger partial charge < -0.3 is 14.7 Å². The highest BCUT2D eigenvalue weighted by Gasteiger charge is 2.33. The van der Waals surface area contributed by atoms with Gasteiger partial charge in [-0.2, -0.15) is 0 Å². The molecule has 1 fully saturated rings. The van der Waals surface area contributed by atoms with E-state index in [-0.39, 0.29) is 5.91 Å². The molecule has 1 aliphatic carbocycles. The number of thiophene rings is 1. The number of carbonyl (C=O) groups is 2. The molecule has 1 aromatic heterocycles. The molecule has 0 spiro atoms. The van der Waals surface area contributed by atoms with Crippen LogP contribution in [-0.4, -0.2) is 48.2 Å². The van der Waals surface area contributed by atoms with E-state index in [2.05, 4.69) is 0 Å². The fourth-order valence-electron chi connectivity index (χ4n) is 2.08. The molecule has 0 saturated heterocycles. The zero-order chi connectivity index (χ0) is 15.4. The van der Waals surface area contributed by atoms with Gasteiger partial charge in [-0.25, -0.2) is 4.79 Å². The van der Waals surface area contributed by atoms with Crippen molar-refractivity contribution in [2.45, 2.75) is 25.8 Å². The normalized spacial score (nSPS) is 14.6. The molecular formula is C15H19NO4S. The number of methoxy groups -OCH3 is 1. The molecule has 1 saturated carbocycles. The van der Waals surface area contributed by atoms with E-state index in [9.17, 15) is 9.59 Å². The maximum absolute atomic E-state index is 12.6. The van der Waals surface area contributed by atoms with Crippen molar-refractivity contribution in [3.63, 3.8) is 0 Å². The van der Waals surface area contributed by atoms with Crippen LogP contribution in [0.3, 0.4) is 0 Å². The van der Waals surface area contributed by atoms with Crippen molar-refractivity contribution >= 4 is 29.3 Å². The number of hydrogen-bond donors (Lipinski definition) is 1. The minimum Gasteiger partial charge on any atom is -0.478 e. The van der Waals surface area contributed by atoms with Gasteiger partial charge in [-0.1, -0.05) is 0 Å². The molecule has 1 aromatic rings. The van der Waals surface area contributed by atoms with E-state index in [4.69, 9.17) is 9.84 Å². The van der Waals surface area contributed by atoms with Crippen molar-refractivity contribution in [3.8, 4) is 0 Å². The lowest BCUT2D eigenvalue weighted by atomic mass is 10.2. The van der Waals surface area contributed by atoms with Crippen molar-refractivity contribution in [3.05, 3.63) is 27.5 Å². The third-order valence-electron chi connectivity index (χ3n) is 3.33. The van der Waals surface area contributed by atoms with Crippen molar-refractivity contribution < 1.29 is 19.4 Å². The monoisotopic (exact) mass is 309 g/mol. The van der Waals surface area contributed by atoms with Gasteiger partial charge in [0.15, 0.2) is 0 Å². The number of carbonyl (C=O) groups excluding carboxylic acids is 1. The average molecular weight is 309 g/mol. The van der Waals surface area contributed by atoms with Crippen LogP contribution in [0.2, 0.25) is 0 Å². The Morgan fingerprint density at radius 3 is 2.81 bits per heavy atom. The van der Waals surface area contributed by atoms with Crippen LogP contribution < -0.4 is 0 Å². The lowest BCUT2D eigenvalue weighted by Crippen LogP contribution is -2.35. The van der Waals surface area contributed by atoms with Gasteiger partial charge >= 0.3 is 5.97 Å². The van der Waals surface area contributed by atoms with Crippen LogP contribution in [0.25, 0.3) is 6.08 Å². The second-order valence-corrected chi connectivity index (χ2v) is 6.14. The first kappa shape index (κ1) is 15.7.